The molecule has 1 aliphatic heterocycles. The summed E-state index contributed by atoms with van der Waals surface area (Å²) in [4.78, 5) is 31.0. The molecule has 0 aliphatic carbocycles. The number of fused-ring (bicyclic) bond motifs is 1. The van der Waals surface area contributed by atoms with Crippen LogP contribution in [0.3, 0.4) is 0 Å². The van der Waals surface area contributed by atoms with E-state index in [4.69, 9.17) is 21.1 Å². The predicted octanol–water partition coefficient (Wildman–Crippen LogP) is 4.70. The van der Waals surface area contributed by atoms with Crippen LogP contribution in [0.15, 0.2) is 36.5 Å². The molecule has 0 radical (unpaired) electrons. The summed E-state index contributed by atoms with van der Waals surface area (Å²) in [6.07, 6.45) is 4.71. The topological polar surface area (TPSA) is 71.6 Å². The number of amides is 1. The van der Waals surface area contributed by atoms with E-state index < -0.39 is 11.7 Å². The predicted molar refractivity (Wildman–Crippen MR) is 117 cm³/mol. The van der Waals surface area contributed by atoms with Crippen LogP contribution in [0.25, 0.3) is 22.0 Å². The van der Waals surface area contributed by atoms with Gasteiger partial charge in [-0.2, -0.15) is 0 Å². The largest absolute Gasteiger partial charge is 0.496 e. The first kappa shape index (κ1) is 20.3. The summed E-state index contributed by atoms with van der Waals surface area (Å²) >= 11 is 6.03. The molecule has 0 bridgehead atoms. The highest BCUT2D eigenvalue weighted by Gasteiger charge is 2.31. The summed E-state index contributed by atoms with van der Waals surface area (Å²) in [6, 6.07) is 9.06. The molecular formula is C23H23ClN2O4. The summed E-state index contributed by atoms with van der Waals surface area (Å²) in [5, 5.41) is 1.35. The molecule has 3 aromatic rings. The number of carbonyl (C=O) groups excluding carboxylic acids is 2. The monoisotopic (exact) mass is 426 g/mol. The number of hydrogen-bond acceptors (Lipinski definition) is 4. The first-order valence-electron chi connectivity index (χ1n) is 9.90. The van der Waals surface area contributed by atoms with Crippen LogP contribution in [0.4, 0.5) is 0 Å². The van der Waals surface area contributed by atoms with Crippen molar-refractivity contribution in [2.45, 2.75) is 19.3 Å². The summed E-state index contributed by atoms with van der Waals surface area (Å²) < 4.78 is 11.1. The molecule has 1 amide bonds. The Morgan fingerprint density at radius 1 is 1.00 bits per heavy atom. The Hall–Kier alpha value is -2.99. The van der Waals surface area contributed by atoms with Crippen molar-refractivity contribution >= 4 is 34.2 Å². The van der Waals surface area contributed by atoms with Crippen molar-refractivity contribution in [1.82, 2.24) is 9.88 Å². The van der Waals surface area contributed by atoms with Crippen LogP contribution in [0.5, 0.6) is 11.5 Å². The Labute approximate surface area is 179 Å². The number of hydrogen-bond donors (Lipinski definition) is 1. The number of Topliss-reactive ketones (excluding diaryl/α,β-unsaturated/α-hetero) is 1. The number of ketones is 1. The fraction of sp³-hybridized carbons (Fsp3) is 0.304. The number of H-pyrrole nitrogens is 1. The lowest BCUT2D eigenvalue weighted by Crippen LogP contribution is -2.40. The molecule has 0 unspecified atom stereocenters. The summed E-state index contributed by atoms with van der Waals surface area (Å²) in [5.41, 5.74) is 2.51. The van der Waals surface area contributed by atoms with Gasteiger partial charge in [-0.1, -0.05) is 23.7 Å². The summed E-state index contributed by atoms with van der Waals surface area (Å²) in [7, 11) is 3.04. The van der Waals surface area contributed by atoms with Crippen LogP contribution in [0, 0.1) is 0 Å². The molecule has 0 saturated carbocycles. The number of likely N-dealkylation sites (tertiary alicyclic amines) is 1. The number of nitrogens with zero attached hydrogens (tertiary/aromatic N) is 1. The van der Waals surface area contributed by atoms with Gasteiger partial charge in [-0.15, -0.1) is 0 Å². The fourth-order valence-corrected chi connectivity index (χ4v) is 4.14. The molecule has 30 heavy (non-hydrogen) atoms. The van der Waals surface area contributed by atoms with Gasteiger partial charge in [0.15, 0.2) is 0 Å². The minimum Gasteiger partial charge on any atom is -0.496 e. The zero-order chi connectivity index (χ0) is 21.3. The van der Waals surface area contributed by atoms with Gasteiger partial charge in [0.1, 0.15) is 11.5 Å². The van der Waals surface area contributed by atoms with Crippen molar-refractivity contribution in [3.05, 3.63) is 47.1 Å². The van der Waals surface area contributed by atoms with E-state index in [-0.39, 0.29) is 5.56 Å². The van der Waals surface area contributed by atoms with Crippen LogP contribution < -0.4 is 9.47 Å². The van der Waals surface area contributed by atoms with Crippen LogP contribution >= 0.6 is 11.6 Å². The molecule has 1 saturated heterocycles. The molecular weight excluding hydrogens is 404 g/mol. The molecule has 1 aliphatic rings. The molecule has 6 nitrogen and oxygen atoms in total. The maximum absolute atomic E-state index is 13.3. The number of aromatic amines is 1. The van der Waals surface area contributed by atoms with E-state index >= 15 is 0 Å². The SMILES string of the molecule is COc1cc(OC)c2c(-c3ccc(Cl)cc3)c[nH]c2c1C(=O)C(=O)N1CCCCC1. The number of halogens is 1. The van der Waals surface area contributed by atoms with Crippen molar-refractivity contribution in [3.8, 4) is 22.6 Å². The lowest BCUT2D eigenvalue weighted by molar-refractivity contribution is -0.127. The Kier molecular flexibility index (Phi) is 5.68. The number of benzene rings is 2. The standard InChI is InChI=1S/C23H23ClN2O4/c1-29-17-12-18(30-2)20(22(27)23(28)26-10-4-3-5-11-26)21-19(17)16(13-25-21)14-6-8-15(24)9-7-14/h6-9,12-13,25H,3-5,10-11H2,1-2H3. The van der Waals surface area contributed by atoms with E-state index in [1.807, 2.05) is 12.1 Å². The molecule has 2 aromatic carbocycles. The second-order valence-electron chi connectivity index (χ2n) is 7.30. The number of ether oxygens (including phenoxy) is 2. The van der Waals surface area contributed by atoms with Gasteiger partial charge < -0.3 is 19.4 Å². The third-order valence-corrected chi connectivity index (χ3v) is 5.80. The molecule has 1 fully saturated rings. The average molecular weight is 427 g/mol. The highest BCUT2D eigenvalue weighted by Crippen LogP contribution is 2.41. The Morgan fingerprint density at radius 3 is 2.30 bits per heavy atom. The molecule has 0 spiro atoms. The normalized spacial score (nSPS) is 14.0. The molecule has 1 aromatic heterocycles. The Balaban J connectivity index is 1.87. The van der Waals surface area contributed by atoms with E-state index in [9.17, 15) is 9.59 Å². The highest BCUT2D eigenvalue weighted by molar-refractivity contribution is 6.45. The van der Waals surface area contributed by atoms with E-state index in [0.29, 0.717) is 35.1 Å². The molecule has 156 valence electrons. The number of rotatable bonds is 5. The van der Waals surface area contributed by atoms with Crippen molar-refractivity contribution < 1.29 is 19.1 Å². The van der Waals surface area contributed by atoms with Gasteiger partial charge in [0.25, 0.3) is 11.7 Å². The average Bonchev–Trinajstić information content (AvgIpc) is 3.23. The maximum Gasteiger partial charge on any atom is 0.295 e. The number of carbonyl (C=O) groups is 2. The maximum atomic E-state index is 13.3. The van der Waals surface area contributed by atoms with Crippen LogP contribution in [-0.2, 0) is 4.79 Å². The lowest BCUT2D eigenvalue weighted by atomic mass is 9.98. The second kappa shape index (κ2) is 8.40. The van der Waals surface area contributed by atoms with E-state index in [2.05, 4.69) is 4.98 Å². The third-order valence-electron chi connectivity index (χ3n) is 5.54. The second-order valence-corrected chi connectivity index (χ2v) is 7.73. The smallest absolute Gasteiger partial charge is 0.295 e. The molecule has 0 atom stereocenters. The first-order chi connectivity index (χ1) is 14.5. The van der Waals surface area contributed by atoms with Gasteiger partial charge in [-0.25, -0.2) is 0 Å². The van der Waals surface area contributed by atoms with E-state index in [1.54, 1.807) is 36.4 Å². The van der Waals surface area contributed by atoms with Gasteiger partial charge in [0.2, 0.25) is 0 Å². The van der Waals surface area contributed by atoms with E-state index in [0.717, 1.165) is 35.8 Å². The summed E-state index contributed by atoms with van der Waals surface area (Å²) in [6.45, 7) is 1.21. The van der Waals surface area contributed by atoms with Gasteiger partial charge in [0, 0.05) is 35.9 Å². The number of aromatic nitrogens is 1. The van der Waals surface area contributed by atoms with Crippen molar-refractivity contribution in [2.24, 2.45) is 0 Å². The quantitative estimate of drug-likeness (QED) is 0.474. The van der Waals surface area contributed by atoms with Gasteiger partial charge >= 0.3 is 0 Å². The van der Waals surface area contributed by atoms with Gasteiger partial charge in [0.05, 0.1) is 30.7 Å². The summed E-state index contributed by atoms with van der Waals surface area (Å²) in [5.74, 6) is -0.220. The van der Waals surface area contributed by atoms with Crippen molar-refractivity contribution in [3.63, 3.8) is 0 Å². The molecule has 2 heterocycles. The van der Waals surface area contributed by atoms with Gasteiger partial charge in [-0.05, 0) is 37.0 Å². The van der Waals surface area contributed by atoms with Gasteiger partial charge in [-0.3, -0.25) is 9.59 Å². The zero-order valence-corrected chi connectivity index (χ0v) is 17.7. The highest BCUT2D eigenvalue weighted by atomic mass is 35.5. The Bertz CT molecular complexity index is 1100. The number of piperidine rings is 1. The van der Waals surface area contributed by atoms with E-state index in [1.165, 1.54) is 7.11 Å². The molecule has 7 heteroatoms. The molecule has 1 N–H and O–H groups in total. The van der Waals surface area contributed by atoms with Crippen LogP contribution in [0.2, 0.25) is 5.02 Å². The fourth-order valence-electron chi connectivity index (χ4n) is 4.02. The number of nitrogens with one attached hydrogen (secondary N) is 1. The van der Waals surface area contributed by atoms with Crippen molar-refractivity contribution in [1.29, 1.82) is 0 Å². The molecule has 4 rings (SSSR count). The van der Waals surface area contributed by atoms with Crippen LogP contribution in [0.1, 0.15) is 29.6 Å². The zero-order valence-electron chi connectivity index (χ0n) is 17.0. The minimum atomic E-state index is -0.578. The van der Waals surface area contributed by atoms with Crippen LogP contribution in [-0.4, -0.2) is 48.9 Å². The third kappa shape index (κ3) is 3.52. The minimum absolute atomic E-state index is 0.226. The number of methoxy groups -OCH3 is 2. The Morgan fingerprint density at radius 2 is 1.67 bits per heavy atom. The van der Waals surface area contributed by atoms with Crippen molar-refractivity contribution in [2.75, 3.05) is 27.3 Å². The lowest BCUT2D eigenvalue weighted by Gasteiger charge is -2.26. The first-order valence-corrected chi connectivity index (χ1v) is 10.3.